The Morgan fingerprint density at radius 3 is 2.11 bits per heavy atom. The first-order valence-corrected chi connectivity index (χ1v) is 4.55. The van der Waals surface area contributed by atoms with Crippen LogP contribution in [0.4, 0.5) is 0 Å². The second-order valence-electron chi connectivity index (χ2n) is 3.32. The molecule has 0 aliphatic heterocycles. The van der Waals surface area contributed by atoms with Gasteiger partial charge in [0.1, 0.15) is 0 Å². The molecule has 0 aromatic heterocycles. The first-order chi connectivity index (χ1) is 7.59. The molecule has 0 unspecified atom stereocenters. The van der Waals surface area contributed by atoms with Gasteiger partial charge in [-0.3, -0.25) is 0 Å². The summed E-state index contributed by atoms with van der Waals surface area (Å²) in [4.78, 5) is 21.6. The molecular formula is C12H6O5Ti. The first-order valence-electron chi connectivity index (χ1n) is 4.55. The number of aromatic carboxylic acids is 2. The summed E-state index contributed by atoms with van der Waals surface area (Å²) in [5.74, 6) is -2.81. The molecule has 0 spiro atoms. The van der Waals surface area contributed by atoms with Gasteiger partial charge in [0.2, 0.25) is 0 Å². The molecule has 0 saturated carbocycles. The summed E-state index contributed by atoms with van der Waals surface area (Å²) < 4.78 is 0. The molecule has 2 rings (SSSR count). The zero-order valence-electron chi connectivity index (χ0n) is 9.01. The third-order valence-corrected chi connectivity index (χ3v) is 2.32. The fourth-order valence-electron chi connectivity index (χ4n) is 1.60. The Morgan fingerprint density at radius 2 is 1.56 bits per heavy atom. The summed E-state index contributed by atoms with van der Waals surface area (Å²) in [7, 11) is 0. The van der Waals surface area contributed by atoms with Crippen molar-refractivity contribution in [1.82, 2.24) is 0 Å². The summed E-state index contributed by atoms with van der Waals surface area (Å²) >= 11 is 0. The summed E-state index contributed by atoms with van der Waals surface area (Å²) in [6, 6.07) is 9.02. The molecule has 0 fully saturated rings. The SMILES string of the molecule is O=C([O-])c1cc(C(=O)[O-])c2ccccc2c1.[O-2].[Ti+4]. The second-order valence-corrected chi connectivity index (χ2v) is 3.32. The van der Waals surface area contributed by atoms with Crippen molar-refractivity contribution in [2.75, 3.05) is 0 Å². The van der Waals surface area contributed by atoms with Crippen molar-refractivity contribution >= 4 is 22.7 Å². The standard InChI is InChI=1S/C12H8O4.O.Ti/c13-11(14)8-5-7-3-1-2-4-9(7)10(6-8)12(15)16;;/h1-6H,(H,13,14)(H,15,16);;/q;-2;+4/p-2. The Kier molecular flexibility index (Phi) is 5.71. The van der Waals surface area contributed by atoms with E-state index in [1.54, 1.807) is 24.3 Å². The van der Waals surface area contributed by atoms with Crippen molar-refractivity contribution in [3.63, 3.8) is 0 Å². The van der Waals surface area contributed by atoms with Gasteiger partial charge in [0.25, 0.3) is 0 Å². The Balaban J connectivity index is 0.00000144. The molecule has 0 amide bonds. The molecule has 2 aromatic rings. The smallest absolute Gasteiger partial charge is 2.00 e. The molecule has 2 aromatic carbocycles. The van der Waals surface area contributed by atoms with Crippen LogP contribution in [0.5, 0.6) is 0 Å². The van der Waals surface area contributed by atoms with Crippen LogP contribution in [-0.2, 0) is 27.2 Å². The molecule has 0 bridgehead atoms. The van der Waals surface area contributed by atoms with Crippen LogP contribution in [0.1, 0.15) is 20.7 Å². The van der Waals surface area contributed by atoms with Gasteiger partial charge in [-0.15, -0.1) is 0 Å². The third-order valence-electron chi connectivity index (χ3n) is 2.32. The minimum Gasteiger partial charge on any atom is -2.00 e. The van der Waals surface area contributed by atoms with E-state index in [0.29, 0.717) is 10.8 Å². The van der Waals surface area contributed by atoms with E-state index < -0.39 is 11.9 Å². The van der Waals surface area contributed by atoms with Gasteiger partial charge in [-0.25, -0.2) is 0 Å². The molecule has 0 heterocycles. The summed E-state index contributed by atoms with van der Waals surface area (Å²) in [5.41, 5.74) is -0.310. The van der Waals surface area contributed by atoms with Gasteiger partial charge >= 0.3 is 21.7 Å². The first kappa shape index (κ1) is 16.3. The molecule has 0 atom stereocenters. The number of benzene rings is 2. The van der Waals surface area contributed by atoms with Crippen molar-refractivity contribution in [2.24, 2.45) is 0 Å². The Hall–Kier alpha value is -1.69. The van der Waals surface area contributed by atoms with Crippen LogP contribution in [0.15, 0.2) is 36.4 Å². The van der Waals surface area contributed by atoms with E-state index in [1.807, 2.05) is 0 Å². The van der Waals surface area contributed by atoms with E-state index in [2.05, 4.69) is 0 Å². The molecule has 0 aliphatic carbocycles. The molecule has 0 radical (unpaired) electrons. The van der Waals surface area contributed by atoms with Crippen LogP contribution >= 0.6 is 0 Å². The maximum Gasteiger partial charge on any atom is 4.00 e. The third kappa shape index (κ3) is 2.95. The van der Waals surface area contributed by atoms with Crippen LogP contribution < -0.4 is 10.2 Å². The van der Waals surface area contributed by atoms with Crippen LogP contribution in [0.3, 0.4) is 0 Å². The molecular weight excluding hydrogens is 272 g/mol. The molecule has 88 valence electrons. The number of carbonyl (C=O) groups excluding carboxylic acids is 2. The zero-order valence-corrected chi connectivity index (χ0v) is 10.6. The molecule has 18 heavy (non-hydrogen) atoms. The maximum absolute atomic E-state index is 10.9. The Bertz CT molecular complexity index is 594. The van der Waals surface area contributed by atoms with Gasteiger partial charge in [-0.05, 0) is 28.5 Å². The van der Waals surface area contributed by atoms with Gasteiger partial charge in [-0.1, -0.05) is 24.3 Å². The predicted molar refractivity (Wildman–Crippen MR) is 53.3 cm³/mol. The average molecular weight is 278 g/mol. The van der Waals surface area contributed by atoms with Crippen molar-refractivity contribution in [3.8, 4) is 0 Å². The fraction of sp³-hybridized carbons (Fsp3) is 0. The zero-order chi connectivity index (χ0) is 11.7. The number of rotatable bonds is 2. The number of fused-ring (bicyclic) bond motifs is 1. The van der Waals surface area contributed by atoms with E-state index in [4.69, 9.17) is 0 Å². The van der Waals surface area contributed by atoms with E-state index in [0.717, 1.165) is 6.07 Å². The van der Waals surface area contributed by atoms with Crippen LogP contribution in [-0.4, -0.2) is 11.9 Å². The van der Waals surface area contributed by atoms with Crippen molar-refractivity contribution in [2.45, 2.75) is 0 Å². The Morgan fingerprint density at radius 1 is 0.944 bits per heavy atom. The van der Waals surface area contributed by atoms with Gasteiger partial charge in [0, 0.05) is 5.56 Å². The average Bonchev–Trinajstić information content (AvgIpc) is 2.27. The maximum atomic E-state index is 10.9. The van der Waals surface area contributed by atoms with Crippen LogP contribution in [0, 0.1) is 0 Å². The molecule has 5 nitrogen and oxygen atoms in total. The number of hydrogen-bond acceptors (Lipinski definition) is 4. The molecule has 0 N–H and O–H groups in total. The van der Waals surface area contributed by atoms with E-state index in [-0.39, 0.29) is 38.3 Å². The van der Waals surface area contributed by atoms with Gasteiger partial charge in [0.15, 0.2) is 0 Å². The predicted octanol–water partition coefficient (Wildman–Crippen LogP) is -0.555. The quantitative estimate of drug-likeness (QED) is 0.686. The second kappa shape index (κ2) is 6.30. The van der Waals surface area contributed by atoms with Crippen LogP contribution in [0.25, 0.3) is 10.8 Å². The monoisotopic (exact) mass is 278 g/mol. The van der Waals surface area contributed by atoms with Crippen molar-refractivity contribution in [3.05, 3.63) is 47.5 Å². The number of carbonyl (C=O) groups is 2. The number of carboxylic acid groups (broad SMARTS) is 2. The van der Waals surface area contributed by atoms with Gasteiger partial charge < -0.3 is 25.3 Å². The van der Waals surface area contributed by atoms with Crippen LogP contribution in [0.2, 0.25) is 0 Å². The summed E-state index contributed by atoms with van der Waals surface area (Å²) in [6.45, 7) is 0. The molecule has 0 saturated heterocycles. The topological polar surface area (TPSA) is 109 Å². The minimum absolute atomic E-state index is 0. The molecule has 0 aliphatic rings. The number of hydrogen-bond donors (Lipinski definition) is 0. The summed E-state index contributed by atoms with van der Waals surface area (Å²) in [5, 5.41) is 22.5. The molecule has 6 heteroatoms. The van der Waals surface area contributed by atoms with Crippen molar-refractivity contribution < 1.29 is 47.0 Å². The normalized spacial score (nSPS) is 9.11. The van der Waals surface area contributed by atoms with E-state index in [9.17, 15) is 19.8 Å². The fourth-order valence-corrected chi connectivity index (χ4v) is 1.60. The van der Waals surface area contributed by atoms with Gasteiger partial charge in [-0.2, -0.15) is 0 Å². The summed E-state index contributed by atoms with van der Waals surface area (Å²) in [6.07, 6.45) is 0. The van der Waals surface area contributed by atoms with Gasteiger partial charge in [0.05, 0.1) is 11.9 Å². The van der Waals surface area contributed by atoms with E-state index >= 15 is 0 Å². The van der Waals surface area contributed by atoms with Crippen molar-refractivity contribution in [1.29, 1.82) is 0 Å². The Labute approximate surface area is 117 Å². The minimum atomic E-state index is -1.41. The largest absolute Gasteiger partial charge is 4.00 e. The number of carboxylic acids is 2. The van der Waals surface area contributed by atoms with E-state index in [1.165, 1.54) is 6.07 Å².